The Bertz CT molecular complexity index is 266. The van der Waals surface area contributed by atoms with Gasteiger partial charge in [0.2, 0.25) is 0 Å². The first-order valence-electron chi connectivity index (χ1n) is 4.35. The Morgan fingerprint density at radius 3 is 3.08 bits per heavy atom. The van der Waals surface area contributed by atoms with Crippen LogP contribution in [0.3, 0.4) is 0 Å². The fraction of sp³-hybridized carbons (Fsp3) is 0.300. The van der Waals surface area contributed by atoms with Crippen molar-refractivity contribution in [1.29, 1.82) is 0 Å². The lowest BCUT2D eigenvalue weighted by Gasteiger charge is -2.15. The summed E-state index contributed by atoms with van der Waals surface area (Å²) in [6.45, 7) is 1.10. The van der Waals surface area contributed by atoms with Crippen LogP contribution >= 0.6 is 0 Å². The van der Waals surface area contributed by atoms with Crippen molar-refractivity contribution < 1.29 is 5.32 Å². The summed E-state index contributed by atoms with van der Waals surface area (Å²) in [6, 6.07) is 4.73. The molecule has 0 aliphatic carbocycles. The third-order valence-corrected chi connectivity index (χ3v) is 2.23. The summed E-state index contributed by atoms with van der Waals surface area (Å²) in [5.41, 5.74) is 1.34. The van der Waals surface area contributed by atoms with E-state index in [0.29, 0.717) is 6.04 Å². The zero-order valence-electron chi connectivity index (χ0n) is 6.98. The molecule has 1 aliphatic rings. The van der Waals surface area contributed by atoms with Gasteiger partial charge in [-0.25, -0.2) is 0 Å². The van der Waals surface area contributed by atoms with Gasteiger partial charge < -0.3 is 5.32 Å². The van der Waals surface area contributed by atoms with Crippen molar-refractivity contribution in [1.82, 2.24) is 4.98 Å². The van der Waals surface area contributed by atoms with Gasteiger partial charge in [0, 0.05) is 24.4 Å². The molecule has 2 rings (SSSR count). The molecule has 2 nitrogen and oxygen atoms in total. The molecule has 1 aromatic heterocycles. The van der Waals surface area contributed by atoms with Crippen LogP contribution in [0.1, 0.15) is 18.0 Å². The van der Waals surface area contributed by atoms with Crippen LogP contribution in [0.2, 0.25) is 0 Å². The van der Waals surface area contributed by atoms with Crippen molar-refractivity contribution in [3.05, 3.63) is 42.2 Å². The molecule has 0 saturated carbocycles. The van der Waals surface area contributed by atoms with Crippen LogP contribution in [0.25, 0.3) is 0 Å². The van der Waals surface area contributed by atoms with Crippen LogP contribution in [0, 0.1) is 0 Å². The topological polar surface area (TPSA) is 29.5 Å². The number of nitrogens with two attached hydrogens (primary N) is 1. The van der Waals surface area contributed by atoms with E-state index in [1.807, 2.05) is 18.5 Å². The smallest absolute Gasteiger partial charge is 0.117 e. The monoisotopic (exact) mass is 161 g/mol. The van der Waals surface area contributed by atoms with E-state index in [2.05, 4.69) is 28.5 Å². The third kappa shape index (κ3) is 1.53. The molecule has 0 aromatic carbocycles. The number of pyridine rings is 1. The van der Waals surface area contributed by atoms with Crippen molar-refractivity contribution in [3.63, 3.8) is 0 Å². The van der Waals surface area contributed by atoms with Crippen LogP contribution in [-0.2, 0) is 0 Å². The van der Waals surface area contributed by atoms with E-state index < -0.39 is 0 Å². The highest BCUT2D eigenvalue weighted by atomic mass is 14.9. The second-order valence-electron chi connectivity index (χ2n) is 3.07. The Kier molecular flexibility index (Phi) is 2.19. The lowest BCUT2D eigenvalue weighted by molar-refractivity contribution is -0.690. The first kappa shape index (κ1) is 7.50. The molecule has 0 bridgehead atoms. The van der Waals surface area contributed by atoms with E-state index in [1.165, 1.54) is 5.56 Å². The second kappa shape index (κ2) is 3.50. The van der Waals surface area contributed by atoms with Crippen LogP contribution < -0.4 is 5.32 Å². The minimum absolute atomic E-state index is 0.587. The Morgan fingerprint density at radius 2 is 2.42 bits per heavy atom. The molecule has 0 fully saturated rings. The van der Waals surface area contributed by atoms with Crippen LogP contribution in [0.5, 0.6) is 0 Å². The molecular formula is C10H13N2+. The molecular weight excluding hydrogens is 148 g/mol. The molecule has 1 unspecified atom stereocenters. The fourth-order valence-electron chi connectivity index (χ4n) is 1.55. The average molecular weight is 161 g/mol. The molecule has 1 atom stereocenters. The maximum atomic E-state index is 4.12. The average Bonchev–Trinajstić information content (AvgIpc) is 2.21. The Morgan fingerprint density at radius 1 is 1.42 bits per heavy atom. The van der Waals surface area contributed by atoms with Crippen LogP contribution in [-0.4, -0.2) is 11.5 Å². The molecule has 2 heterocycles. The standard InChI is InChI=1S/C10H12N2/c1-2-7-12-10(5-1)9-4-3-6-11-8-9/h1-4,6,8,10,12H,5,7H2/p+1. The molecule has 1 aromatic rings. The normalized spacial score (nSPS) is 22.5. The molecule has 0 amide bonds. The Labute approximate surface area is 72.3 Å². The van der Waals surface area contributed by atoms with Gasteiger partial charge in [0.05, 0.1) is 6.54 Å². The highest BCUT2D eigenvalue weighted by Crippen LogP contribution is 2.12. The van der Waals surface area contributed by atoms with Gasteiger partial charge in [0.25, 0.3) is 0 Å². The minimum atomic E-state index is 0.587. The lowest BCUT2D eigenvalue weighted by Crippen LogP contribution is -2.85. The largest absolute Gasteiger partial charge is 0.337 e. The van der Waals surface area contributed by atoms with E-state index in [4.69, 9.17) is 0 Å². The first-order valence-corrected chi connectivity index (χ1v) is 4.35. The Hall–Kier alpha value is -1.15. The van der Waals surface area contributed by atoms with Crippen molar-refractivity contribution in [2.45, 2.75) is 12.5 Å². The van der Waals surface area contributed by atoms with Gasteiger partial charge in [-0.3, -0.25) is 4.98 Å². The van der Waals surface area contributed by atoms with Gasteiger partial charge in [-0.1, -0.05) is 12.1 Å². The molecule has 1 aliphatic heterocycles. The summed E-state index contributed by atoms with van der Waals surface area (Å²) in [7, 11) is 0. The van der Waals surface area contributed by atoms with Gasteiger partial charge >= 0.3 is 0 Å². The number of hydrogen-bond acceptors (Lipinski definition) is 1. The fourth-order valence-corrected chi connectivity index (χ4v) is 1.55. The summed E-state index contributed by atoms with van der Waals surface area (Å²) < 4.78 is 0. The van der Waals surface area contributed by atoms with E-state index in [-0.39, 0.29) is 0 Å². The molecule has 0 radical (unpaired) electrons. The van der Waals surface area contributed by atoms with Gasteiger partial charge in [-0.05, 0) is 12.1 Å². The number of quaternary nitrogens is 1. The number of hydrogen-bond donors (Lipinski definition) is 1. The second-order valence-corrected chi connectivity index (χ2v) is 3.07. The van der Waals surface area contributed by atoms with Gasteiger partial charge in [-0.2, -0.15) is 0 Å². The van der Waals surface area contributed by atoms with Gasteiger partial charge in [0.15, 0.2) is 0 Å². The first-order chi connectivity index (χ1) is 5.97. The summed E-state index contributed by atoms with van der Waals surface area (Å²) in [5, 5.41) is 2.34. The van der Waals surface area contributed by atoms with Crippen molar-refractivity contribution in [3.8, 4) is 0 Å². The molecule has 2 N–H and O–H groups in total. The maximum Gasteiger partial charge on any atom is 0.117 e. The minimum Gasteiger partial charge on any atom is -0.337 e. The summed E-state index contributed by atoms with van der Waals surface area (Å²) in [4.78, 5) is 4.12. The number of nitrogens with zero attached hydrogens (tertiary/aromatic N) is 1. The number of aromatic nitrogens is 1. The lowest BCUT2D eigenvalue weighted by atomic mass is 10.0. The molecule has 0 saturated heterocycles. The summed E-state index contributed by atoms with van der Waals surface area (Å²) >= 11 is 0. The van der Waals surface area contributed by atoms with Gasteiger partial charge in [-0.15, -0.1) is 0 Å². The maximum absolute atomic E-state index is 4.12. The van der Waals surface area contributed by atoms with E-state index in [0.717, 1.165) is 13.0 Å². The highest BCUT2D eigenvalue weighted by molar-refractivity contribution is 5.13. The van der Waals surface area contributed by atoms with Crippen molar-refractivity contribution in [2.75, 3.05) is 6.54 Å². The van der Waals surface area contributed by atoms with E-state index >= 15 is 0 Å². The molecule has 0 spiro atoms. The highest BCUT2D eigenvalue weighted by Gasteiger charge is 2.14. The molecule has 2 heteroatoms. The van der Waals surface area contributed by atoms with E-state index in [1.54, 1.807) is 0 Å². The van der Waals surface area contributed by atoms with Crippen molar-refractivity contribution >= 4 is 0 Å². The predicted octanol–water partition coefficient (Wildman–Crippen LogP) is 0.646. The zero-order chi connectivity index (χ0) is 8.23. The van der Waals surface area contributed by atoms with Crippen LogP contribution in [0.15, 0.2) is 36.7 Å². The number of rotatable bonds is 1. The van der Waals surface area contributed by atoms with Crippen LogP contribution in [0.4, 0.5) is 0 Å². The summed E-state index contributed by atoms with van der Waals surface area (Å²) in [6.07, 6.45) is 9.37. The van der Waals surface area contributed by atoms with Crippen molar-refractivity contribution in [2.24, 2.45) is 0 Å². The van der Waals surface area contributed by atoms with Gasteiger partial charge in [0.1, 0.15) is 6.04 Å². The Balaban J connectivity index is 2.15. The van der Waals surface area contributed by atoms with E-state index in [9.17, 15) is 0 Å². The third-order valence-electron chi connectivity index (χ3n) is 2.23. The summed E-state index contributed by atoms with van der Waals surface area (Å²) in [5.74, 6) is 0. The molecule has 12 heavy (non-hydrogen) atoms. The predicted molar refractivity (Wildman–Crippen MR) is 47.5 cm³/mol. The SMILES string of the molecule is C1=CCC(c2cccnc2)[NH2+]C1. The quantitative estimate of drug-likeness (QED) is 0.602. The zero-order valence-corrected chi connectivity index (χ0v) is 6.98. The molecule has 62 valence electrons.